The van der Waals surface area contributed by atoms with Crippen molar-refractivity contribution in [2.45, 2.75) is 26.5 Å². The summed E-state index contributed by atoms with van der Waals surface area (Å²) in [5, 5.41) is 10.3. The van der Waals surface area contributed by atoms with Crippen molar-refractivity contribution in [3.05, 3.63) is 95.6 Å². The quantitative estimate of drug-likeness (QED) is 0.341. The Bertz CT molecular complexity index is 1230. The predicted octanol–water partition coefficient (Wildman–Crippen LogP) is 3.92. The van der Waals surface area contributed by atoms with E-state index in [-0.39, 0.29) is 12.4 Å². The van der Waals surface area contributed by atoms with Gasteiger partial charge in [-0.15, -0.1) is 5.10 Å². The Morgan fingerprint density at radius 3 is 2.56 bits per heavy atom. The van der Waals surface area contributed by atoms with Crippen molar-refractivity contribution in [3.8, 4) is 5.75 Å². The van der Waals surface area contributed by atoms with Crippen LogP contribution in [-0.4, -0.2) is 34.2 Å². The number of para-hydroxylation sites is 1. The smallest absolute Gasteiger partial charge is 0.278 e. The normalized spacial score (nSPS) is 17.7. The molecule has 1 N–H and O–H groups in total. The van der Waals surface area contributed by atoms with Crippen LogP contribution in [-0.2, 0) is 15.3 Å². The number of aryl methyl sites for hydroxylation is 1. The number of carbonyl (C=O) groups is 1. The molecule has 1 amide bonds. The summed E-state index contributed by atoms with van der Waals surface area (Å²) in [7, 11) is 0. The number of pyridine rings is 1. The van der Waals surface area contributed by atoms with Crippen LogP contribution in [0.25, 0.3) is 0 Å². The first-order chi connectivity index (χ1) is 16.4. The summed E-state index contributed by atoms with van der Waals surface area (Å²) in [5.41, 5.74) is 3.67. The molecular weight excluding hydrogens is 437 g/mol. The van der Waals surface area contributed by atoms with Gasteiger partial charge in [0.15, 0.2) is 6.61 Å². The van der Waals surface area contributed by atoms with Crippen molar-refractivity contribution in [2.24, 2.45) is 10.2 Å². The average Bonchev–Trinajstić information content (AvgIpc) is 3.21. The molecule has 2 heterocycles. The Morgan fingerprint density at radius 1 is 1.15 bits per heavy atom. The van der Waals surface area contributed by atoms with Gasteiger partial charge in [-0.25, -0.2) is 14.8 Å². The van der Waals surface area contributed by atoms with Crippen molar-refractivity contribution in [2.75, 3.05) is 6.61 Å². The second-order valence-corrected chi connectivity index (χ2v) is 7.79. The van der Waals surface area contributed by atoms with Crippen LogP contribution in [0.15, 0.2) is 83.3 Å². The minimum atomic E-state index is -1.12. The summed E-state index contributed by atoms with van der Waals surface area (Å²) in [4.78, 5) is 16.3. The number of aromatic nitrogens is 1. The van der Waals surface area contributed by atoms with Gasteiger partial charge in [0.05, 0.1) is 0 Å². The Hall–Kier alpha value is -4.27. The van der Waals surface area contributed by atoms with Crippen LogP contribution >= 0.6 is 0 Å². The zero-order valence-corrected chi connectivity index (χ0v) is 19.0. The summed E-state index contributed by atoms with van der Waals surface area (Å²) in [6.45, 7) is 5.18. The van der Waals surface area contributed by atoms with Crippen LogP contribution in [0, 0.1) is 12.7 Å². The van der Waals surface area contributed by atoms with Crippen molar-refractivity contribution in [1.29, 1.82) is 0 Å². The van der Waals surface area contributed by atoms with E-state index in [9.17, 15) is 9.18 Å². The molecule has 1 aromatic heterocycles. The fourth-order valence-electron chi connectivity index (χ4n) is 3.46. The fraction of sp³-hybridized carbons (Fsp3) is 0.200. The van der Waals surface area contributed by atoms with Gasteiger partial charge in [-0.3, -0.25) is 9.78 Å². The second-order valence-electron chi connectivity index (χ2n) is 7.79. The van der Waals surface area contributed by atoms with Gasteiger partial charge in [-0.05, 0) is 49.7 Å². The van der Waals surface area contributed by atoms with E-state index < -0.39 is 11.6 Å². The molecule has 1 unspecified atom stereocenters. The minimum absolute atomic E-state index is 0.196. The molecule has 3 aromatic rings. The summed E-state index contributed by atoms with van der Waals surface area (Å²) in [6, 6.07) is 16.9. The van der Waals surface area contributed by atoms with Gasteiger partial charge in [0.1, 0.15) is 17.4 Å². The lowest BCUT2D eigenvalue weighted by Crippen LogP contribution is -2.42. The van der Waals surface area contributed by atoms with Crippen molar-refractivity contribution < 1.29 is 18.7 Å². The Kier molecular flexibility index (Phi) is 6.53. The monoisotopic (exact) mass is 461 g/mol. The van der Waals surface area contributed by atoms with Gasteiger partial charge in [-0.1, -0.05) is 30.3 Å². The van der Waals surface area contributed by atoms with Crippen LogP contribution in [0.4, 0.5) is 4.39 Å². The highest BCUT2D eigenvalue weighted by molar-refractivity contribution is 5.97. The largest absolute Gasteiger partial charge is 0.483 e. The number of rotatable bonds is 6. The fourth-order valence-corrected chi connectivity index (χ4v) is 3.46. The second kappa shape index (κ2) is 9.70. The zero-order chi connectivity index (χ0) is 24.1. The van der Waals surface area contributed by atoms with Crippen LogP contribution in [0.3, 0.4) is 0 Å². The van der Waals surface area contributed by atoms with E-state index in [0.717, 1.165) is 5.56 Å². The van der Waals surface area contributed by atoms with Gasteiger partial charge >= 0.3 is 0 Å². The lowest BCUT2D eigenvalue weighted by Gasteiger charge is -2.32. The van der Waals surface area contributed by atoms with E-state index in [2.05, 4.69) is 20.6 Å². The van der Waals surface area contributed by atoms with Gasteiger partial charge in [0, 0.05) is 30.4 Å². The molecule has 8 nitrogen and oxygen atoms in total. The third-order valence-electron chi connectivity index (χ3n) is 5.30. The average molecular weight is 461 g/mol. The molecule has 0 aliphatic carbocycles. The van der Waals surface area contributed by atoms with E-state index in [0.29, 0.717) is 28.6 Å². The highest BCUT2D eigenvalue weighted by Gasteiger charge is 2.44. The van der Waals surface area contributed by atoms with Gasteiger partial charge in [0.2, 0.25) is 11.6 Å². The molecule has 0 saturated heterocycles. The third kappa shape index (κ3) is 4.88. The van der Waals surface area contributed by atoms with E-state index in [1.807, 2.05) is 25.1 Å². The lowest BCUT2D eigenvalue weighted by molar-refractivity contribution is -0.123. The number of nitrogens with zero attached hydrogens (tertiary/aromatic N) is 4. The first kappa shape index (κ1) is 22.9. The molecule has 0 saturated carbocycles. The van der Waals surface area contributed by atoms with Crippen LogP contribution in [0.5, 0.6) is 5.75 Å². The summed E-state index contributed by atoms with van der Waals surface area (Å²) >= 11 is 0. The number of ether oxygens (including phenoxy) is 2. The lowest BCUT2D eigenvalue weighted by atomic mass is 10.0. The molecule has 0 fully saturated rings. The van der Waals surface area contributed by atoms with Crippen LogP contribution in [0.1, 0.15) is 30.5 Å². The van der Waals surface area contributed by atoms with Crippen molar-refractivity contribution in [3.63, 3.8) is 0 Å². The highest BCUT2D eigenvalue weighted by atomic mass is 19.1. The molecule has 34 heavy (non-hydrogen) atoms. The first-order valence-electron chi connectivity index (χ1n) is 10.6. The summed E-state index contributed by atoms with van der Waals surface area (Å²) in [6.07, 6.45) is 3.27. The van der Waals surface area contributed by atoms with Gasteiger partial charge in [0.25, 0.3) is 5.91 Å². The topological polar surface area (TPSA) is 88.4 Å². The van der Waals surface area contributed by atoms with Crippen molar-refractivity contribution >= 4 is 17.6 Å². The molecule has 9 heteroatoms. The summed E-state index contributed by atoms with van der Waals surface area (Å²) in [5.74, 6) is 0.544. The highest BCUT2D eigenvalue weighted by Crippen LogP contribution is 2.36. The van der Waals surface area contributed by atoms with E-state index >= 15 is 0 Å². The molecule has 4 rings (SSSR count). The number of hydrogen-bond donors (Lipinski definition) is 1. The van der Waals surface area contributed by atoms with Crippen LogP contribution in [0.2, 0.25) is 0 Å². The maximum atomic E-state index is 13.6. The van der Waals surface area contributed by atoms with Crippen LogP contribution < -0.4 is 10.2 Å². The van der Waals surface area contributed by atoms with E-state index in [4.69, 9.17) is 9.47 Å². The standard InChI is InChI=1S/C25H24FN5O3/c1-17-6-4-5-7-22(17)33-16-23(32)29-28-18(2)31-25(3,20-8-10-21(26)11-9-20)34-24(30-31)19-12-14-27-15-13-19/h4-15H,16H2,1-3H3,(H,29,32)/b28-18+. The molecule has 2 aromatic carbocycles. The summed E-state index contributed by atoms with van der Waals surface area (Å²) < 4.78 is 25.3. The number of benzene rings is 2. The molecule has 174 valence electrons. The number of hydrogen-bond acceptors (Lipinski definition) is 6. The number of hydrazone groups is 2. The SMILES string of the molecule is C/C(=N\NC(=O)COc1ccccc1C)N1N=C(c2ccncc2)OC1(C)c1ccc(F)cc1. The first-order valence-corrected chi connectivity index (χ1v) is 10.6. The Labute approximate surface area is 196 Å². The molecule has 0 bridgehead atoms. The predicted molar refractivity (Wildman–Crippen MR) is 125 cm³/mol. The maximum absolute atomic E-state index is 13.6. The number of amidine groups is 1. The van der Waals surface area contributed by atoms with Crippen molar-refractivity contribution in [1.82, 2.24) is 15.4 Å². The molecular formula is C25H24FN5O3. The third-order valence-corrected chi connectivity index (χ3v) is 5.30. The maximum Gasteiger partial charge on any atom is 0.278 e. The molecule has 0 spiro atoms. The molecule has 0 radical (unpaired) electrons. The number of halogens is 1. The number of amides is 1. The Morgan fingerprint density at radius 2 is 1.85 bits per heavy atom. The molecule has 1 atom stereocenters. The van der Waals surface area contributed by atoms with Gasteiger partial charge in [-0.2, -0.15) is 5.10 Å². The van der Waals surface area contributed by atoms with E-state index in [1.165, 1.54) is 12.1 Å². The number of carbonyl (C=O) groups excluding carboxylic acids is 1. The van der Waals surface area contributed by atoms with E-state index in [1.54, 1.807) is 61.6 Å². The number of nitrogens with one attached hydrogen (secondary N) is 1. The molecule has 1 aliphatic rings. The minimum Gasteiger partial charge on any atom is -0.483 e. The van der Waals surface area contributed by atoms with Gasteiger partial charge < -0.3 is 9.47 Å². The Balaban J connectivity index is 1.54. The zero-order valence-electron chi connectivity index (χ0n) is 19.0. The molecule has 1 aliphatic heterocycles.